The maximum Gasteiger partial charge on any atom is 0.279 e. The summed E-state index contributed by atoms with van der Waals surface area (Å²) in [6, 6.07) is 13.7. The number of aliphatic hydroxyl groups excluding tert-OH is 1. The molecule has 26 heavy (non-hydrogen) atoms. The predicted octanol–water partition coefficient (Wildman–Crippen LogP) is 3.62. The van der Waals surface area contributed by atoms with E-state index in [1.54, 1.807) is 42.5 Å². The second-order valence-electron chi connectivity index (χ2n) is 5.26. The van der Waals surface area contributed by atoms with Gasteiger partial charge in [0.25, 0.3) is 5.56 Å². The molecule has 1 aromatic heterocycles. The zero-order valence-electron chi connectivity index (χ0n) is 14.0. The quantitative estimate of drug-likeness (QED) is 0.560. The van der Waals surface area contributed by atoms with Crippen molar-refractivity contribution in [3.8, 4) is 17.6 Å². The smallest absolute Gasteiger partial charge is 0.279 e. The highest BCUT2D eigenvalue weighted by molar-refractivity contribution is 7.19. The first-order valence-corrected chi connectivity index (χ1v) is 8.36. The van der Waals surface area contributed by atoms with Crippen LogP contribution in [0.1, 0.15) is 10.6 Å². The van der Waals surface area contributed by atoms with E-state index in [4.69, 9.17) is 9.47 Å². The highest BCUT2D eigenvalue weighted by Gasteiger charge is 2.16. The number of aromatic nitrogens is 1. The number of ether oxygens (including phenoxy) is 2. The van der Waals surface area contributed by atoms with Crippen LogP contribution in [0.25, 0.3) is 21.4 Å². The van der Waals surface area contributed by atoms with Gasteiger partial charge in [0.05, 0.1) is 19.6 Å². The Morgan fingerprint density at radius 2 is 1.81 bits per heavy atom. The van der Waals surface area contributed by atoms with Gasteiger partial charge in [-0.25, -0.2) is 0 Å². The van der Waals surface area contributed by atoms with Crippen LogP contribution in [0.5, 0.6) is 11.5 Å². The van der Waals surface area contributed by atoms with Gasteiger partial charge in [-0.2, -0.15) is 10.2 Å². The van der Waals surface area contributed by atoms with Gasteiger partial charge < -0.3 is 14.6 Å². The van der Waals surface area contributed by atoms with Crippen LogP contribution in [0.2, 0.25) is 0 Å². The second kappa shape index (κ2) is 7.25. The molecule has 0 bridgehead atoms. The van der Waals surface area contributed by atoms with E-state index in [0.717, 1.165) is 11.3 Å². The van der Waals surface area contributed by atoms with Crippen LogP contribution in [0, 0.1) is 11.3 Å². The first-order valence-electron chi connectivity index (χ1n) is 7.54. The number of hydrogen-bond donors (Lipinski definition) is 1. The Balaban J connectivity index is 2.22. The van der Waals surface area contributed by atoms with Gasteiger partial charge in [-0.05, 0) is 24.3 Å². The van der Waals surface area contributed by atoms with E-state index in [9.17, 15) is 15.2 Å². The number of benzene rings is 2. The lowest BCUT2D eigenvalue weighted by Crippen LogP contribution is -2.07. The standard InChI is InChI=1S/C19H14N2O4S/c1-24-12-7-11(8-13(9-12)25-2)17(22)15(10-20)19-21-18(23)14-5-3-4-6-16(14)26-19/h3-9,22H,1-2H3/b17-15-. The van der Waals surface area contributed by atoms with E-state index in [-0.39, 0.29) is 16.3 Å². The van der Waals surface area contributed by atoms with E-state index < -0.39 is 5.56 Å². The zero-order chi connectivity index (χ0) is 18.7. The average Bonchev–Trinajstić information content (AvgIpc) is 2.68. The second-order valence-corrected chi connectivity index (χ2v) is 6.29. The van der Waals surface area contributed by atoms with Crippen molar-refractivity contribution in [1.82, 2.24) is 4.98 Å². The van der Waals surface area contributed by atoms with Crippen molar-refractivity contribution in [3.05, 3.63) is 63.4 Å². The summed E-state index contributed by atoms with van der Waals surface area (Å²) in [6.45, 7) is 0. The Labute approximate surface area is 153 Å². The van der Waals surface area contributed by atoms with Crippen LogP contribution in [-0.4, -0.2) is 24.3 Å². The Morgan fingerprint density at radius 1 is 1.15 bits per heavy atom. The SMILES string of the molecule is COc1cc(OC)cc(/C(O)=C(\C#N)c2nc(=O)c3ccccc3s2)c1. The minimum atomic E-state index is -0.446. The molecule has 0 saturated carbocycles. The summed E-state index contributed by atoms with van der Waals surface area (Å²) < 4.78 is 11.1. The molecule has 6 nitrogen and oxygen atoms in total. The van der Waals surface area contributed by atoms with Crippen molar-refractivity contribution in [2.45, 2.75) is 0 Å². The summed E-state index contributed by atoms with van der Waals surface area (Å²) in [5.41, 5.74) is -0.210. The van der Waals surface area contributed by atoms with Gasteiger partial charge in [0.15, 0.2) is 0 Å². The molecule has 0 saturated heterocycles. The lowest BCUT2D eigenvalue weighted by atomic mass is 10.1. The number of hydrogen-bond acceptors (Lipinski definition) is 7. The molecule has 1 N–H and O–H groups in total. The third-order valence-electron chi connectivity index (χ3n) is 3.71. The van der Waals surface area contributed by atoms with E-state index in [1.807, 2.05) is 6.07 Å². The van der Waals surface area contributed by atoms with Crippen molar-refractivity contribution in [2.24, 2.45) is 0 Å². The summed E-state index contributed by atoms with van der Waals surface area (Å²) in [5, 5.41) is 20.8. The topological polar surface area (TPSA) is 92.4 Å². The molecule has 7 heteroatoms. The van der Waals surface area contributed by atoms with E-state index >= 15 is 0 Å². The van der Waals surface area contributed by atoms with E-state index in [2.05, 4.69) is 4.98 Å². The molecular formula is C19H14N2O4S. The molecule has 2 aromatic carbocycles. The zero-order valence-corrected chi connectivity index (χ0v) is 14.8. The van der Waals surface area contributed by atoms with Gasteiger partial charge in [0.2, 0.25) is 0 Å². The lowest BCUT2D eigenvalue weighted by Gasteiger charge is -2.09. The number of allylic oxidation sites excluding steroid dienone is 1. The number of nitriles is 1. The highest BCUT2D eigenvalue weighted by Crippen LogP contribution is 2.31. The minimum Gasteiger partial charge on any atom is -0.506 e. The van der Waals surface area contributed by atoms with Crippen molar-refractivity contribution < 1.29 is 14.6 Å². The average molecular weight is 366 g/mol. The first kappa shape index (κ1) is 17.5. The maximum atomic E-state index is 12.2. The van der Waals surface area contributed by atoms with Crippen LogP contribution in [0.15, 0.2) is 47.3 Å². The van der Waals surface area contributed by atoms with Crippen LogP contribution in [-0.2, 0) is 0 Å². The van der Waals surface area contributed by atoms with Crippen molar-refractivity contribution in [3.63, 3.8) is 0 Å². The molecule has 0 spiro atoms. The third kappa shape index (κ3) is 3.23. The molecular weight excluding hydrogens is 352 g/mol. The summed E-state index contributed by atoms with van der Waals surface area (Å²) in [4.78, 5) is 16.2. The molecule has 0 atom stereocenters. The summed E-state index contributed by atoms with van der Waals surface area (Å²) in [7, 11) is 2.97. The molecule has 0 amide bonds. The molecule has 3 aromatic rings. The van der Waals surface area contributed by atoms with E-state index in [1.165, 1.54) is 14.2 Å². The third-order valence-corrected chi connectivity index (χ3v) is 4.78. The highest BCUT2D eigenvalue weighted by atomic mass is 32.1. The van der Waals surface area contributed by atoms with Gasteiger partial charge in [-0.15, -0.1) is 11.3 Å². The molecule has 0 aliphatic carbocycles. The Morgan fingerprint density at radius 3 is 2.42 bits per heavy atom. The van der Waals surface area contributed by atoms with Gasteiger partial charge in [0.1, 0.15) is 33.9 Å². The number of nitrogens with zero attached hydrogens (tertiary/aromatic N) is 2. The fraction of sp³-hybridized carbons (Fsp3) is 0.105. The van der Waals surface area contributed by atoms with Crippen molar-refractivity contribution in [1.29, 1.82) is 5.26 Å². The molecule has 0 fully saturated rings. The number of rotatable bonds is 4. The number of fused-ring (bicyclic) bond motifs is 1. The van der Waals surface area contributed by atoms with Gasteiger partial charge in [-0.3, -0.25) is 4.79 Å². The van der Waals surface area contributed by atoms with Crippen molar-refractivity contribution >= 4 is 32.8 Å². The Hall–Kier alpha value is -3.37. The van der Waals surface area contributed by atoms with Crippen LogP contribution >= 0.6 is 11.3 Å². The fourth-order valence-corrected chi connectivity index (χ4v) is 3.40. The van der Waals surface area contributed by atoms with Gasteiger partial charge in [-0.1, -0.05) is 12.1 Å². The Bertz CT molecular complexity index is 1090. The lowest BCUT2D eigenvalue weighted by molar-refractivity contribution is 0.393. The van der Waals surface area contributed by atoms with E-state index in [0.29, 0.717) is 27.1 Å². The summed E-state index contributed by atoms with van der Waals surface area (Å²) in [6.07, 6.45) is 0. The summed E-state index contributed by atoms with van der Waals surface area (Å²) >= 11 is 1.16. The normalized spacial score (nSPS) is 11.6. The van der Waals surface area contributed by atoms with Crippen LogP contribution in [0.3, 0.4) is 0 Å². The van der Waals surface area contributed by atoms with Crippen molar-refractivity contribution in [2.75, 3.05) is 14.2 Å². The molecule has 3 rings (SSSR count). The largest absolute Gasteiger partial charge is 0.506 e. The van der Waals surface area contributed by atoms with Gasteiger partial charge >= 0.3 is 0 Å². The number of methoxy groups -OCH3 is 2. The minimum absolute atomic E-state index is 0.0897. The van der Waals surface area contributed by atoms with Gasteiger partial charge in [0, 0.05) is 16.3 Å². The molecule has 1 heterocycles. The maximum absolute atomic E-state index is 12.2. The predicted molar refractivity (Wildman–Crippen MR) is 100 cm³/mol. The summed E-state index contributed by atoms with van der Waals surface area (Å²) in [5.74, 6) is 0.619. The van der Waals surface area contributed by atoms with Crippen LogP contribution in [0.4, 0.5) is 0 Å². The molecule has 130 valence electrons. The molecule has 0 aliphatic rings. The van der Waals surface area contributed by atoms with Crippen LogP contribution < -0.4 is 15.0 Å². The fourth-order valence-electron chi connectivity index (χ4n) is 2.41. The molecule has 0 radical (unpaired) electrons. The molecule has 0 aliphatic heterocycles. The monoisotopic (exact) mass is 366 g/mol. The Kier molecular flexibility index (Phi) is 4.87. The number of aliphatic hydroxyl groups is 1. The first-order chi connectivity index (χ1) is 12.6. The molecule has 0 unspecified atom stereocenters.